The molecule has 0 aliphatic rings. The Labute approximate surface area is 178 Å². The van der Waals surface area contributed by atoms with E-state index in [0.29, 0.717) is 23.4 Å². The molecule has 0 radical (unpaired) electrons. The minimum atomic E-state index is -0.637. The van der Waals surface area contributed by atoms with E-state index in [1.807, 2.05) is 6.92 Å². The molecule has 10 nitrogen and oxygen atoms in total. The van der Waals surface area contributed by atoms with Gasteiger partial charge in [-0.05, 0) is 26.3 Å². The molecule has 0 fully saturated rings. The Balaban J connectivity index is 2.64. The first-order chi connectivity index (χ1) is 14.2. The van der Waals surface area contributed by atoms with E-state index < -0.39 is 12.3 Å². The highest BCUT2D eigenvalue weighted by atomic mass is 32.1. The van der Waals surface area contributed by atoms with Crippen LogP contribution in [-0.2, 0) is 27.3 Å². The summed E-state index contributed by atoms with van der Waals surface area (Å²) in [5.74, 6) is 0. The molecule has 0 unspecified atom stereocenters. The molecule has 0 atom stereocenters. The van der Waals surface area contributed by atoms with Crippen molar-refractivity contribution in [1.82, 2.24) is 14.0 Å². The van der Waals surface area contributed by atoms with Crippen LogP contribution in [0, 0.1) is 6.92 Å². The molecule has 0 aliphatic carbocycles. The number of rotatable bonds is 10. The van der Waals surface area contributed by atoms with Crippen molar-refractivity contribution < 1.29 is 19.0 Å². The zero-order valence-corrected chi connectivity index (χ0v) is 19.1. The summed E-state index contributed by atoms with van der Waals surface area (Å²) in [5.41, 5.74) is 5.55. The second-order valence-corrected chi connectivity index (χ2v) is 8.23. The standard InChI is InChI=1S/C19H30N4O6S/c1-11(2)23-16(24)15-12(3)13(9-21(18(20)25)10-14(28-5)29-6)30-17(15)22(19(23)26)7-8-27-4/h11,14H,7-10H2,1-6H3,(H2,20,25). The second kappa shape index (κ2) is 10.2. The lowest BCUT2D eigenvalue weighted by Gasteiger charge is -2.24. The van der Waals surface area contributed by atoms with Gasteiger partial charge in [-0.3, -0.25) is 13.9 Å². The number of hydrogen-bond donors (Lipinski definition) is 1. The summed E-state index contributed by atoms with van der Waals surface area (Å²) in [6, 6.07) is -0.931. The number of carbonyl (C=O) groups is 1. The van der Waals surface area contributed by atoms with E-state index >= 15 is 0 Å². The average molecular weight is 443 g/mol. The van der Waals surface area contributed by atoms with Crippen LogP contribution in [0.2, 0.25) is 0 Å². The van der Waals surface area contributed by atoms with Gasteiger partial charge in [0.15, 0.2) is 6.29 Å². The van der Waals surface area contributed by atoms with Gasteiger partial charge in [-0.25, -0.2) is 9.59 Å². The Morgan fingerprint density at radius 3 is 2.33 bits per heavy atom. The van der Waals surface area contributed by atoms with E-state index in [9.17, 15) is 14.4 Å². The van der Waals surface area contributed by atoms with E-state index in [2.05, 4.69) is 0 Å². The smallest absolute Gasteiger partial charge is 0.332 e. The van der Waals surface area contributed by atoms with Crippen molar-refractivity contribution >= 4 is 27.6 Å². The van der Waals surface area contributed by atoms with Crippen molar-refractivity contribution in [2.45, 2.75) is 46.2 Å². The summed E-state index contributed by atoms with van der Waals surface area (Å²) in [4.78, 5) is 40.8. The number of amides is 2. The largest absolute Gasteiger partial charge is 0.383 e. The van der Waals surface area contributed by atoms with Crippen LogP contribution in [0.25, 0.3) is 10.2 Å². The number of ether oxygens (including phenoxy) is 3. The number of aromatic nitrogens is 2. The molecule has 0 aliphatic heterocycles. The molecule has 168 valence electrons. The van der Waals surface area contributed by atoms with Crippen LogP contribution in [0.4, 0.5) is 4.79 Å². The molecule has 0 spiro atoms. The SMILES string of the molecule is COCCn1c(=O)n(C(C)C)c(=O)c2c(C)c(CN(CC(OC)OC)C(N)=O)sc21. The average Bonchev–Trinajstić information content (AvgIpc) is 3.00. The maximum absolute atomic E-state index is 13.1. The van der Waals surface area contributed by atoms with Gasteiger partial charge in [-0.1, -0.05) is 0 Å². The fraction of sp³-hybridized carbons (Fsp3) is 0.632. The molecular formula is C19H30N4O6S. The molecule has 0 saturated heterocycles. The number of fused-ring (bicyclic) bond motifs is 1. The molecule has 2 rings (SSSR count). The fourth-order valence-electron chi connectivity index (χ4n) is 3.23. The number of primary amides is 1. The van der Waals surface area contributed by atoms with Gasteiger partial charge in [0.1, 0.15) is 4.83 Å². The Kier molecular flexibility index (Phi) is 8.18. The third kappa shape index (κ3) is 4.75. The van der Waals surface area contributed by atoms with Crippen molar-refractivity contribution in [2.24, 2.45) is 5.73 Å². The molecule has 0 bridgehead atoms. The fourth-order valence-corrected chi connectivity index (χ4v) is 4.56. The number of urea groups is 1. The van der Waals surface area contributed by atoms with Gasteiger partial charge < -0.3 is 24.8 Å². The number of nitrogens with zero attached hydrogens (tertiary/aromatic N) is 3. The van der Waals surface area contributed by atoms with Crippen molar-refractivity contribution in [3.8, 4) is 0 Å². The first-order valence-electron chi connectivity index (χ1n) is 9.54. The van der Waals surface area contributed by atoms with Crippen LogP contribution in [0.5, 0.6) is 0 Å². The van der Waals surface area contributed by atoms with E-state index in [1.165, 1.54) is 35.0 Å². The summed E-state index contributed by atoms with van der Waals surface area (Å²) in [6.45, 7) is 6.34. The summed E-state index contributed by atoms with van der Waals surface area (Å²) < 4.78 is 18.3. The molecule has 30 heavy (non-hydrogen) atoms. The molecule has 0 aromatic carbocycles. The van der Waals surface area contributed by atoms with Gasteiger partial charge in [0.25, 0.3) is 5.56 Å². The number of carbonyl (C=O) groups excluding carboxylic acids is 1. The quantitative estimate of drug-likeness (QED) is 0.554. The van der Waals surface area contributed by atoms with E-state index in [-0.39, 0.29) is 30.4 Å². The van der Waals surface area contributed by atoms with Gasteiger partial charge in [0.2, 0.25) is 0 Å². The van der Waals surface area contributed by atoms with Crippen LogP contribution in [-0.4, -0.2) is 60.8 Å². The van der Waals surface area contributed by atoms with Crippen LogP contribution < -0.4 is 17.0 Å². The van der Waals surface area contributed by atoms with Gasteiger partial charge in [0.05, 0.1) is 31.6 Å². The molecule has 2 heterocycles. The lowest BCUT2D eigenvalue weighted by atomic mass is 10.2. The van der Waals surface area contributed by atoms with Crippen molar-refractivity contribution in [3.63, 3.8) is 0 Å². The third-order valence-corrected chi connectivity index (χ3v) is 6.22. The highest BCUT2D eigenvalue weighted by Crippen LogP contribution is 2.29. The molecule has 2 aromatic heterocycles. The first-order valence-corrected chi connectivity index (χ1v) is 10.4. The summed E-state index contributed by atoms with van der Waals surface area (Å²) >= 11 is 1.30. The van der Waals surface area contributed by atoms with Gasteiger partial charge in [-0.2, -0.15) is 0 Å². The Morgan fingerprint density at radius 1 is 1.20 bits per heavy atom. The number of hydrogen-bond acceptors (Lipinski definition) is 7. The lowest BCUT2D eigenvalue weighted by molar-refractivity contribution is -0.111. The second-order valence-electron chi connectivity index (χ2n) is 7.15. The molecule has 2 amide bonds. The lowest BCUT2D eigenvalue weighted by Crippen LogP contribution is -2.41. The number of thiophene rings is 1. The van der Waals surface area contributed by atoms with E-state index in [4.69, 9.17) is 19.9 Å². The highest BCUT2D eigenvalue weighted by molar-refractivity contribution is 7.18. The van der Waals surface area contributed by atoms with Crippen LogP contribution >= 0.6 is 11.3 Å². The zero-order valence-electron chi connectivity index (χ0n) is 18.3. The number of nitrogens with two attached hydrogens (primary N) is 1. The predicted molar refractivity (Wildman–Crippen MR) is 115 cm³/mol. The molecule has 0 saturated carbocycles. The minimum absolute atomic E-state index is 0.128. The van der Waals surface area contributed by atoms with Gasteiger partial charge in [-0.15, -0.1) is 11.3 Å². The van der Waals surface area contributed by atoms with Crippen LogP contribution in [0.3, 0.4) is 0 Å². The van der Waals surface area contributed by atoms with E-state index in [1.54, 1.807) is 25.5 Å². The van der Waals surface area contributed by atoms with Gasteiger partial charge in [0, 0.05) is 32.2 Å². The van der Waals surface area contributed by atoms with Crippen molar-refractivity contribution in [2.75, 3.05) is 34.5 Å². The minimum Gasteiger partial charge on any atom is -0.383 e. The summed E-state index contributed by atoms with van der Waals surface area (Å²) in [7, 11) is 4.50. The Morgan fingerprint density at radius 2 is 1.83 bits per heavy atom. The third-order valence-electron chi connectivity index (χ3n) is 4.92. The van der Waals surface area contributed by atoms with Gasteiger partial charge >= 0.3 is 11.7 Å². The Bertz CT molecular complexity index is 1010. The molecule has 11 heteroatoms. The zero-order chi connectivity index (χ0) is 22.6. The molecule has 2 aromatic rings. The monoisotopic (exact) mass is 442 g/mol. The van der Waals surface area contributed by atoms with Crippen LogP contribution in [0.15, 0.2) is 9.59 Å². The molecule has 2 N–H and O–H groups in total. The maximum atomic E-state index is 13.1. The predicted octanol–water partition coefficient (Wildman–Crippen LogP) is 1.26. The van der Waals surface area contributed by atoms with Crippen molar-refractivity contribution in [3.05, 3.63) is 31.3 Å². The normalized spacial score (nSPS) is 11.7. The van der Waals surface area contributed by atoms with E-state index in [0.717, 1.165) is 10.4 Å². The highest BCUT2D eigenvalue weighted by Gasteiger charge is 2.24. The number of methoxy groups -OCH3 is 3. The Hall–Kier alpha value is -2.21. The summed E-state index contributed by atoms with van der Waals surface area (Å²) in [5, 5.41) is 0.471. The van der Waals surface area contributed by atoms with Crippen LogP contribution in [0.1, 0.15) is 30.3 Å². The number of aryl methyl sites for hydroxylation is 1. The maximum Gasteiger partial charge on any atom is 0.332 e. The summed E-state index contributed by atoms with van der Waals surface area (Å²) in [6.07, 6.45) is -0.634. The topological polar surface area (TPSA) is 118 Å². The van der Waals surface area contributed by atoms with Crippen molar-refractivity contribution in [1.29, 1.82) is 0 Å². The first kappa shape index (κ1) is 24.1. The molecular weight excluding hydrogens is 412 g/mol.